The van der Waals surface area contributed by atoms with Gasteiger partial charge in [-0.25, -0.2) is 4.79 Å². The Hall–Kier alpha value is -3.43. The van der Waals surface area contributed by atoms with E-state index in [2.05, 4.69) is 5.32 Å². The first kappa shape index (κ1) is 22.3. The molecular formula is C22H18N2O5S2. The van der Waals surface area contributed by atoms with Gasteiger partial charge >= 0.3 is 5.97 Å². The average Bonchev–Trinajstić information content (AvgIpc) is 3.00. The van der Waals surface area contributed by atoms with E-state index >= 15 is 0 Å². The summed E-state index contributed by atoms with van der Waals surface area (Å²) in [6.45, 7) is 0.107. The number of phenols is 1. The molecule has 158 valence electrons. The molecule has 0 aromatic heterocycles. The standard InChI is InChI=1S/C22H18N2O5S2/c25-17-13-15(9-10-16(17)21(28)29)23-19(26)11-12-24-20(27)18(31-22(24)30)8-4-7-14-5-2-1-3-6-14/h1-10,13,25H,11-12H2,(H,23,26)(H,28,29)/b7-4+,18-8+. The fraction of sp³-hybridized carbons (Fsp3) is 0.0909. The minimum Gasteiger partial charge on any atom is -0.507 e. The number of nitrogens with zero attached hydrogens (tertiary/aromatic N) is 1. The van der Waals surface area contributed by atoms with Gasteiger partial charge in [-0.05, 0) is 23.8 Å². The van der Waals surface area contributed by atoms with E-state index in [0.717, 1.165) is 11.6 Å². The van der Waals surface area contributed by atoms with Gasteiger partial charge in [0.1, 0.15) is 15.6 Å². The van der Waals surface area contributed by atoms with Gasteiger partial charge in [0.15, 0.2) is 0 Å². The minimum absolute atomic E-state index is 0.0129. The zero-order chi connectivity index (χ0) is 22.4. The first-order chi connectivity index (χ1) is 14.8. The second-order valence-electron chi connectivity index (χ2n) is 6.46. The molecule has 9 heteroatoms. The molecule has 0 radical (unpaired) electrons. The molecule has 2 aromatic carbocycles. The van der Waals surface area contributed by atoms with Crippen molar-refractivity contribution in [2.24, 2.45) is 0 Å². The number of carboxylic acids is 1. The lowest BCUT2D eigenvalue weighted by atomic mass is 10.2. The van der Waals surface area contributed by atoms with Crippen LogP contribution in [0, 0.1) is 0 Å². The average molecular weight is 455 g/mol. The van der Waals surface area contributed by atoms with Crippen molar-refractivity contribution in [1.82, 2.24) is 4.90 Å². The summed E-state index contributed by atoms with van der Waals surface area (Å²) in [6.07, 6.45) is 5.34. The molecule has 0 unspecified atom stereocenters. The van der Waals surface area contributed by atoms with Crippen molar-refractivity contribution in [3.63, 3.8) is 0 Å². The van der Waals surface area contributed by atoms with Gasteiger partial charge in [-0.2, -0.15) is 0 Å². The van der Waals surface area contributed by atoms with Crippen LogP contribution in [0.3, 0.4) is 0 Å². The Morgan fingerprint density at radius 1 is 1.16 bits per heavy atom. The molecule has 0 atom stereocenters. The third kappa shape index (κ3) is 5.80. The number of carbonyl (C=O) groups is 3. The second-order valence-corrected chi connectivity index (χ2v) is 8.14. The molecule has 2 aromatic rings. The van der Waals surface area contributed by atoms with Gasteiger partial charge in [-0.3, -0.25) is 14.5 Å². The summed E-state index contributed by atoms with van der Waals surface area (Å²) in [5.74, 6) is -2.37. The number of thiocarbonyl (C=S) groups is 1. The lowest BCUT2D eigenvalue weighted by Crippen LogP contribution is -2.31. The zero-order valence-corrected chi connectivity index (χ0v) is 17.8. The monoisotopic (exact) mass is 454 g/mol. The predicted molar refractivity (Wildman–Crippen MR) is 124 cm³/mol. The number of benzene rings is 2. The van der Waals surface area contributed by atoms with E-state index in [0.29, 0.717) is 9.23 Å². The van der Waals surface area contributed by atoms with Crippen molar-refractivity contribution in [1.29, 1.82) is 0 Å². The third-order valence-corrected chi connectivity index (χ3v) is 5.68. The Bertz CT molecular complexity index is 1100. The Morgan fingerprint density at radius 3 is 2.58 bits per heavy atom. The summed E-state index contributed by atoms with van der Waals surface area (Å²) in [4.78, 5) is 37.5. The van der Waals surface area contributed by atoms with Crippen LogP contribution in [0.2, 0.25) is 0 Å². The summed E-state index contributed by atoms with van der Waals surface area (Å²) >= 11 is 6.43. The molecule has 7 nitrogen and oxygen atoms in total. The SMILES string of the molecule is O=C(CCN1C(=O)/C(=C\C=C\c2ccccc2)SC1=S)Nc1ccc(C(=O)O)c(O)c1. The van der Waals surface area contributed by atoms with Crippen LogP contribution < -0.4 is 5.32 Å². The highest BCUT2D eigenvalue weighted by Gasteiger charge is 2.31. The third-order valence-electron chi connectivity index (χ3n) is 4.28. The largest absolute Gasteiger partial charge is 0.507 e. The van der Waals surface area contributed by atoms with Crippen LogP contribution in [0.5, 0.6) is 5.75 Å². The number of nitrogens with one attached hydrogen (secondary N) is 1. The summed E-state index contributed by atoms with van der Waals surface area (Å²) in [6, 6.07) is 13.4. The van der Waals surface area contributed by atoms with Gasteiger partial charge in [-0.1, -0.05) is 66.5 Å². The number of aromatic carboxylic acids is 1. The molecule has 1 aliphatic heterocycles. The van der Waals surface area contributed by atoms with Gasteiger partial charge in [0, 0.05) is 24.7 Å². The lowest BCUT2D eigenvalue weighted by molar-refractivity contribution is -0.122. The zero-order valence-electron chi connectivity index (χ0n) is 16.1. The van der Waals surface area contributed by atoms with Crippen LogP contribution in [-0.2, 0) is 9.59 Å². The van der Waals surface area contributed by atoms with E-state index in [1.54, 1.807) is 12.2 Å². The molecule has 31 heavy (non-hydrogen) atoms. The minimum atomic E-state index is -1.27. The second kappa shape index (κ2) is 10.1. The van der Waals surface area contributed by atoms with Gasteiger partial charge in [0.05, 0.1) is 4.91 Å². The summed E-state index contributed by atoms with van der Waals surface area (Å²) in [5.41, 5.74) is 1.00. The topological polar surface area (TPSA) is 107 Å². The molecule has 2 amide bonds. The van der Waals surface area contributed by atoms with E-state index in [1.165, 1.54) is 28.8 Å². The highest BCUT2D eigenvalue weighted by Crippen LogP contribution is 2.31. The van der Waals surface area contributed by atoms with Gasteiger partial charge in [0.25, 0.3) is 5.91 Å². The van der Waals surface area contributed by atoms with Crippen LogP contribution in [0.4, 0.5) is 5.69 Å². The number of aromatic hydroxyl groups is 1. The molecule has 1 saturated heterocycles. The maximum atomic E-state index is 12.6. The lowest BCUT2D eigenvalue weighted by Gasteiger charge is -2.14. The number of anilines is 1. The maximum absolute atomic E-state index is 12.6. The Morgan fingerprint density at radius 2 is 1.90 bits per heavy atom. The fourth-order valence-electron chi connectivity index (χ4n) is 2.74. The smallest absolute Gasteiger partial charge is 0.339 e. The number of carboxylic acid groups (broad SMARTS) is 1. The number of thioether (sulfide) groups is 1. The molecular weight excluding hydrogens is 436 g/mol. The van der Waals surface area contributed by atoms with Crippen LogP contribution in [0.1, 0.15) is 22.3 Å². The van der Waals surface area contributed by atoms with E-state index in [9.17, 15) is 19.5 Å². The van der Waals surface area contributed by atoms with Crippen molar-refractivity contribution in [3.8, 4) is 5.75 Å². The first-order valence-corrected chi connectivity index (χ1v) is 10.4. The van der Waals surface area contributed by atoms with Gasteiger partial charge in [-0.15, -0.1) is 0 Å². The number of hydrogen-bond donors (Lipinski definition) is 3. The number of allylic oxidation sites excluding steroid dienone is 2. The first-order valence-electron chi connectivity index (χ1n) is 9.18. The van der Waals surface area contributed by atoms with Crippen LogP contribution in [0.25, 0.3) is 6.08 Å². The summed E-state index contributed by atoms with van der Waals surface area (Å²) in [7, 11) is 0. The van der Waals surface area contributed by atoms with Crippen LogP contribution in [0.15, 0.2) is 65.6 Å². The number of hydrogen-bond acceptors (Lipinski definition) is 6. The molecule has 3 rings (SSSR count). The molecule has 0 bridgehead atoms. The molecule has 0 spiro atoms. The molecule has 0 aliphatic carbocycles. The van der Waals surface area contributed by atoms with Crippen molar-refractivity contribution < 1.29 is 24.6 Å². The van der Waals surface area contributed by atoms with Gasteiger partial charge in [0.2, 0.25) is 5.91 Å². The molecule has 1 heterocycles. The summed E-state index contributed by atoms with van der Waals surface area (Å²) < 4.78 is 0.376. The van der Waals surface area contributed by atoms with E-state index < -0.39 is 17.6 Å². The Balaban J connectivity index is 1.56. The molecule has 0 saturated carbocycles. The quantitative estimate of drug-likeness (QED) is 0.431. The van der Waals surface area contributed by atoms with Crippen molar-refractivity contribution in [2.45, 2.75) is 6.42 Å². The number of amides is 2. The van der Waals surface area contributed by atoms with Crippen molar-refractivity contribution in [3.05, 3.63) is 76.7 Å². The predicted octanol–water partition coefficient (Wildman–Crippen LogP) is 3.88. The highest BCUT2D eigenvalue weighted by molar-refractivity contribution is 8.26. The van der Waals surface area contributed by atoms with E-state index in [-0.39, 0.29) is 30.1 Å². The number of rotatable bonds is 7. The fourth-order valence-corrected chi connectivity index (χ4v) is 4.00. The highest BCUT2D eigenvalue weighted by atomic mass is 32.2. The van der Waals surface area contributed by atoms with Crippen LogP contribution >= 0.6 is 24.0 Å². The molecule has 1 fully saturated rings. The van der Waals surface area contributed by atoms with E-state index in [1.807, 2.05) is 36.4 Å². The Labute approximate surface area is 188 Å². The summed E-state index contributed by atoms with van der Waals surface area (Å²) in [5, 5.41) is 21.2. The van der Waals surface area contributed by atoms with E-state index in [4.69, 9.17) is 17.3 Å². The van der Waals surface area contributed by atoms with Crippen molar-refractivity contribution in [2.75, 3.05) is 11.9 Å². The molecule has 3 N–H and O–H groups in total. The normalized spacial score (nSPS) is 15.1. The van der Waals surface area contributed by atoms with Crippen LogP contribution in [-0.4, -0.2) is 43.8 Å². The number of carbonyl (C=O) groups excluding carboxylic acids is 2. The molecule has 1 aliphatic rings. The maximum Gasteiger partial charge on any atom is 0.339 e. The van der Waals surface area contributed by atoms with Crippen molar-refractivity contribution >= 4 is 57.8 Å². The van der Waals surface area contributed by atoms with Gasteiger partial charge < -0.3 is 15.5 Å². The Kier molecular flexibility index (Phi) is 7.22.